The molecular formula is C13H27NO. The Labute approximate surface area is 94.5 Å². The fraction of sp³-hybridized carbons (Fsp3) is 1.00. The van der Waals surface area contributed by atoms with Gasteiger partial charge in [0.05, 0.1) is 6.10 Å². The second kappa shape index (κ2) is 4.06. The molecule has 15 heavy (non-hydrogen) atoms. The van der Waals surface area contributed by atoms with Crippen LogP contribution in [0.15, 0.2) is 0 Å². The molecule has 0 aromatic rings. The van der Waals surface area contributed by atoms with Gasteiger partial charge >= 0.3 is 0 Å². The van der Waals surface area contributed by atoms with Gasteiger partial charge in [0.15, 0.2) is 0 Å². The molecule has 2 N–H and O–H groups in total. The van der Waals surface area contributed by atoms with Gasteiger partial charge in [0.25, 0.3) is 0 Å². The topological polar surface area (TPSA) is 32.3 Å². The molecule has 1 rings (SSSR count). The molecule has 1 fully saturated rings. The lowest BCUT2D eigenvalue weighted by Gasteiger charge is -2.46. The summed E-state index contributed by atoms with van der Waals surface area (Å²) in [5.41, 5.74) is 0.354. The highest BCUT2D eigenvalue weighted by Crippen LogP contribution is 2.39. The Morgan fingerprint density at radius 1 is 0.867 bits per heavy atom. The summed E-state index contributed by atoms with van der Waals surface area (Å²) in [6, 6.07) is 0. The third-order valence-corrected chi connectivity index (χ3v) is 3.78. The highest BCUT2D eigenvalue weighted by Gasteiger charge is 2.42. The van der Waals surface area contributed by atoms with Gasteiger partial charge in [0, 0.05) is 24.9 Å². The first kappa shape index (κ1) is 13.0. The molecule has 0 radical (unpaired) electrons. The van der Waals surface area contributed by atoms with E-state index in [4.69, 9.17) is 0 Å². The van der Waals surface area contributed by atoms with Gasteiger partial charge in [-0.15, -0.1) is 0 Å². The summed E-state index contributed by atoms with van der Waals surface area (Å²) in [4.78, 5) is 0. The van der Waals surface area contributed by atoms with E-state index >= 15 is 0 Å². The smallest absolute Gasteiger partial charge is 0.0630 e. The summed E-state index contributed by atoms with van der Waals surface area (Å²) in [6.07, 6.45) is -0.175. The van der Waals surface area contributed by atoms with Crippen molar-refractivity contribution in [2.75, 3.05) is 13.1 Å². The molecule has 2 atom stereocenters. The van der Waals surface area contributed by atoms with Gasteiger partial charge in [-0.2, -0.15) is 0 Å². The molecule has 0 aromatic carbocycles. The van der Waals surface area contributed by atoms with E-state index < -0.39 is 0 Å². The van der Waals surface area contributed by atoms with Crippen molar-refractivity contribution in [1.82, 2.24) is 5.32 Å². The van der Waals surface area contributed by atoms with Crippen molar-refractivity contribution in [2.24, 2.45) is 22.7 Å². The highest BCUT2D eigenvalue weighted by atomic mass is 16.3. The number of rotatable bonds is 0. The Bertz CT molecular complexity index is 190. The van der Waals surface area contributed by atoms with E-state index in [1.165, 1.54) is 0 Å². The number of hydrogen-bond acceptors (Lipinski definition) is 2. The van der Waals surface area contributed by atoms with E-state index in [0.29, 0.717) is 11.8 Å². The average Bonchev–Trinajstić information content (AvgIpc) is 1.99. The minimum atomic E-state index is -0.175. The lowest BCUT2D eigenvalue weighted by molar-refractivity contribution is -0.0558. The second-order valence-electron chi connectivity index (χ2n) is 7.09. The average molecular weight is 213 g/mol. The van der Waals surface area contributed by atoms with Gasteiger partial charge in [-0.25, -0.2) is 0 Å². The van der Waals surface area contributed by atoms with E-state index in [1.807, 2.05) is 0 Å². The molecule has 0 saturated carbocycles. The van der Waals surface area contributed by atoms with Crippen LogP contribution in [0.5, 0.6) is 0 Å². The summed E-state index contributed by atoms with van der Waals surface area (Å²) in [5.74, 6) is 0.714. The van der Waals surface area contributed by atoms with Crippen LogP contribution < -0.4 is 5.32 Å². The molecule has 0 amide bonds. The second-order valence-corrected chi connectivity index (χ2v) is 7.09. The van der Waals surface area contributed by atoms with Crippen molar-refractivity contribution < 1.29 is 5.11 Å². The Morgan fingerprint density at radius 2 is 1.20 bits per heavy atom. The van der Waals surface area contributed by atoms with Crippen molar-refractivity contribution in [3.8, 4) is 0 Å². The minimum Gasteiger partial charge on any atom is -0.392 e. The van der Waals surface area contributed by atoms with Gasteiger partial charge in [0.2, 0.25) is 0 Å². The number of nitrogens with one attached hydrogen (secondary N) is 1. The van der Waals surface area contributed by atoms with Crippen molar-refractivity contribution in [2.45, 2.75) is 47.6 Å². The maximum absolute atomic E-state index is 10.5. The number of aliphatic hydroxyl groups excluding tert-OH is 1. The van der Waals surface area contributed by atoms with Crippen molar-refractivity contribution in [3.63, 3.8) is 0 Å². The number of aliphatic hydroxyl groups is 1. The predicted molar refractivity (Wildman–Crippen MR) is 64.8 cm³/mol. The molecule has 1 saturated heterocycles. The van der Waals surface area contributed by atoms with Crippen LogP contribution in [0.1, 0.15) is 41.5 Å². The van der Waals surface area contributed by atoms with Crippen molar-refractivity contribution >= 4 is 0 Å². The number of piperidine rings is 1. The molecule has 90 valence electrons. The van der Waals surface area contributed by atoms with Crippen LogP contribution in [-0.4, -0.2) is 24.3 Å². The Hall–Kier alpha value is -0.0800. The van der Waals surface area contributed by atoms with E-state index in [9.17, 15) is 5.11 Å². The summed E-state index contributed by atoms with van der Waals surface area (Å²) >= 11 is 0. The zero-order valence-electron chi connectivity index (χ0n) is 11.1. The minimum absolute atomic E-state index is 0.175. The van der Waals surface area contributed by atoms with Crippen LogP contribution in [0.25, 0.3) is 0 Å². The van der Waals surface area contributed by atoms with Crippen LogP contribution in [0.4, 0.5) is 0 Å². The number of hydrogen-bond donors (Lipinski definition) is 2. The van der Waals surface area contributed by atoms with E-state index in [0.717, 1.165) is 13.1 Å². The van der Waals surface area contributed by atoms with Crippen LogP contribution in [0, 0.1) is 22.7 Å². The SMILES string of the molecule is CC(C)(C)C1CNCC(C(C)(C)C)C1O. The lowest BCUT2D eigenvalue weighted by atomic mass is 9.65. The fourth-order valence-corrected chi connectivity index (χ4v) is 2.55. The van der Waals surface area contributed by atoms with Gasteiger partial charge in [-0.3, -0.25) is 0 Å². The Balaban J connectivity index is 2.81. The quantitative estimate of drug-likeness (QED) is 0.647. The van der Waals surface area contributed by atoms with Crippen molar-refractivity contribution in [1.29, 1.82) is 0 Å². The normalized spacial score (nSPS) is 34.2. The standard InChI is InChI=1S/C13H27NO/c1-12(2,3)9-7-14-8-10(11(9)15)13(4,5)6/h9-11,14-15H,7-8H2,1-6H3. The molecule has 0 aromatic heterocycles. The summed E-state index contributed by atoms with van der Waals surface area (Å²) in [5, 5.41) is 13.9. The van der Waals surface area contributed by atoms with Crippen LogP contribution in [0.3, 0.4) is 0 Å². The molecule has 1 heterocycles. The van der Waals surface area contributed by atoms with Crippen LogP contribution in [-0.2, 0) is 0 Å². The lowest BCUT2D eigenvalue weighted by Crippen LogP contribution is -2.55. The first-order valence-corrected chi connectivity index (χ1v) is 6.03. The van der Waals surface area contributed by atoms with Gasteiger partial charge in [0.1, 0.15) is 0 Å². The first-order valence-electron chi connectivity index (χ1n) is 6.03. The van der Waals surface area contributed by atoms with E-state index in [-0.39, 0.29) is 16.9 Å². The molecule has 0 aliphatic carbocycles. The maximum atomic E-state index is 10.5. The van der Waals surface area contributed by atoms with E-state index in [2.05, 4.69) is 46.9 Å². The third-order valence-electron chi connectivity index (χ3n) is 3.78. The molecule has 2 nitrogen and oxygen atoms in total. The predicted octanol–water partition coefficient (Wildman–Crippen LogP) is 2.28. The largest absolute Gasteiger partial charge is 0.392 e. The Morgan fingerprint density at radius 3 is 1.47 bits per heavy atom. The first-order chi connectivity index (χ1) is 6.64. The fourth-order valence-electron chi connectivity index (χ4n) is 2.55. The summed E-state index contributed by atoms with van der Waals surface area (Å²) in [7, 11) is 0. The maximum Gasteiger partial charge on any atom is 0.0630 e. The van der Waals surface area contributed by atoms with Gasteiger partial charge in [-0.1, -0.05) is 41.5 Å². The molecule has 0 spiro atoms. The van der Waals surface area contributed by atoms with Gasteiger partial charge in [-0.05, 0) is 10.8 Å². The summed E-state index contributed by atoms with van der Waals surface area (Å²) in [6.45, 7) is 15.2. The van der Waals surface area contributed by atoms with Crippen molar-refractivity contribution in [3.05, 3.63) is 0 Å². The zero-order valence-corrected chi connectivity index (χ0v) is 11.1. The highest BCUT2D eigenvalue weighted by molar-refractivity contribution is 4.94. The molecule has 1 aliphatic heterocycles. The van der Waals surface area contributed by atoms with Crippen LogP contribution >= 0.6 is 0 Å². The molecule has 2 heteroatoms. The van der Waals surface area contributed by atoms with Crippen LogP contribution in [0.2, 0.25) is 0 Å². The molecule has 2 unspecified atom stereocenters. The van der Waals surface area contributed by atoms with Gasteiger partial charge < -0.3 is 10.4 Å². The molecular weight excluding hydrogens is 186 g/mol. The molecule has 1 aliphatic rings. The summed E-state index contributed by atoms with van der Waals surface area (Å²) < 4.78 is 0. The molecule has 0 bridgehead atoms. The Kier molecular flexibility index (Phi) is 3.52. The monoisotopic (exact) mass is 213 g/mol. The van der Waals surface area contributed by atoms with E-state index in [1.54, 1.807) is 0 Å². The third kappa shape index (κ3) is 2.94. The zero-order chi connectivity index (χ0) is 11.9.